The molecule has 1 rings (SSSR count). The number of rotatable bonds is 8. The molecule has 0 spiro atoms. The lowest BCUT2D eigenvalue weighted by Crippen LogP contribution is -2.39. The number of halogens is 1. The minimum absolute atomic E-state index is 0.00994. The van der Waals surface area contributed by atoms with Crippen molar-refractivity contribution in [3.8, 4) is 0 Å². The summed E-state index contributed by atoms with van der Waals surface area (Å²) in [6.45, 7) is 4.27. The van der Waals surface area contributed by atoms with Crippen LogP contribution in [-0.2, 0) is 11.2 Å². The van der Waals surface area contributed by atoms with Gasteiger partial charge in [0.2, 0.25) is 5.91 Å². The number of benzene rings is 1. The van der Waals surface area contributed by atoms with Crippen LogP contribution < -0.4 is 5.32 Å². The lowest BCUT2D eigenvalue weighted by molar-refractivity contribution is -0.122. The van der Waals surface area contributed by atoms with Crippen LogP contribution in [0, 0.1) is 0 Å². The van der Waals surface area contributed by atoms with Crippen LogP contribution in [0.3, 0.4) is 0 Å². The maximum absolute atomic E-state index is 11.7. The molecule has 0 aliphatic carbocycles. The van der Waals surface area contributed by atoms with Gasteiger partial charge >= 0.3 is 0 Å². The molecule has 0 fully saturated rings. The molecule has 0 saturated heterocycles. The van der Waals surface area contributed by atoms with Crippen molar-refractivity contribution in [2.75, 3.05) is 32.8 Å². The fourth-order valence-electron chi connectivity index (χ4n) is 1.75. The molecule has 2 N–H and O–H groups in total. The average molecular weight is 285 g/mol. The summed E-state index contributed by atoms with van der Waals surface area (Å²) < 4.78 is 0. The van der Waals surface area contributed by atoms with Crippen molar-refractivity contribution in [1.82, 2.24) is 10.2 Å². The number of nitrogens with zero attached hydrogens (tertiary/aromatic N) is 1. The average Bonchev–Trinajstić information content (AvgIpc) is 2.40. The lowest BCUT2D eigenvalue weighted by atomic mass is 10.1. The molecule has 1 amide bonds. The van der Waals surface area contributed by atoms with Crippen molar-refractivity contribution in [3.63, 3.8) is 0 Å². The molecular formula is C14H21ClN2O2. The largest absolute Gasteiger partial charge is 0.395 e. The van der Waals surface area contributed by atoms with E-state index in [9.17, 15) is 4.79 Å². The maximum Gasteiger partial charge on any atom is 0.234 e. The first-order valence-electron chi connectivity index (χ1n) is 6.50. The second kappa shape index (κ2) is 8.91. The number of carbonyl (C=O) groups is 1. The number of nitrogens with one attached hydrogen (secondary N) is 1. The Morgan fingerprint density at radius 3 is 2.63 bits per heavy atom. The lowest BCUT2D eigenvalue weighted by Gasteiger charge is -2.18. The summed E-state index contributed by atoms with van der Waals surface area (Å²) in [6.07, 6.45) is 0.787. The fourth-order valence-corrected chi connectivity index (χ4v) is 1.87. The molecule has 19 heavy (non-hydrogen) atoms. The molecule has 0 atom stereocenters. The van der Waals surface area contributed by atoms with E-state index in [0.717, 1.165) is 23.6 Å². The summed E-state index contributed by atoms with van der Waals surface area (Å²) in [5.41, 5.74) is 1.15. The van der Waals surface area contributed by atoms with E-state index in [-0.39, 0.29) is 12.5 Å². The van der Waals surface area contributed by atoms with E-state index in [1.54, 1.807) is 0 Å². The van der Waals surface area contributed by atoms with Gasteiger partial charge < -0.3 is 10.4 Å². The summed E-state index contributed by atoms with van der Waals surface area (Å²) in [5, 5.41) is 12.4. The summed E-state index contributed by atoms with van der Waals surface area (Å²) in [6, 6.07) is 7.61. The van der Waals surface area contributed by atoms with E-state index >= 15 is 0 Å². The molecule has 0 saturated carbocycles. The van der Waals surface area contributed by atoms with Gasteiger partial charge in [0, 0.05) is 18.1 Å². The first kappa shape index (κ1) is 16.0. The highest BCUT2D eigenvalue weighted by molar-refractivity contribution is 6.30. The van der Waals surface area contributed by atoms with Crippen molar-refractivity contribution in [3.05, 3.63) is 34.9 Å². The molecule has 4 nitrogen and oxygen atoms in total. The molecule has 0 unspecified atom stereocenters. The summed E-state index contributed by atoms with van der Waals surface area (Å²) in [4.78, 5) is 13.6. The Labute approximate surface area is 119 Å². The third kappa shape index (κ3) is 6.57. The molecule has 0 heterocycles. The van der Waals surface area contributed by atoms with Crippen molar-refractivity contribution < 1.29 is 9.90 Å². The standard InChI is InChI=1S/C14H21ClN2O2/c1-2-17(9-10-18)11-14(19)16-8-7-12-3-5-13(15)6-4-12/h3-6,18H,2,7-11H2,1H3,(H,16,19). The fraction of sp³-hybridized carbons (Fsp3) is 0.500. The Bertz CT molecular complexity index is 382. The molecule has 0 aromatic heterocycles. The van der Waals surface area contributed by atoms with Crippen LogP contribution in [0.2, 0.25) is 5.02 Å². The zero-order valence-corrected chi connectivity index (χ0v) is 12.0. The number of aliphatic hydroxyl groups is 1. The topological polar surface area (TPSA) is 52.6 Å². The van der Waals surface area contributed by atoms with Gasteiger partial charge in [0.15, 0.2) is 0 Å². The Hall–Kier alpha value is -1.10. The molecule has 1 aromatic rings. The zero-order valence-electron chi connectivity index (χ0n) is 11.2. The number of aliphatic hydroxyl groups excluding tert-OH is 1. The highest BCUT2D eigenvalue weighted by Gasteiger charge is 2.07. The van der Waals surface area contributed by atoms with Gasteiger partial charge in [0.25, 0.3) is 0 Å². The third-order valence-electron chi connectivity index (χ3n) is 2.88. The molecule has 0 aliphatic heterocycles. The molecule has 106 valence electrons. The summed E-state index contributed by atoms with van der Waals surface area (Å²) >= 11 is 5.80. The molecule has 0 radical (unpaired) electrons. The van der Waals surface area contributed by atoms with Gasteiger partial charge in [-0.25, -0.2) is 0 Å². The Morgan fingerprint density at radius 1 is 1.37 bits per heavy atom. The van der Waals surface area contributed by atoms with Crippen molar-refractivity contribution >= 4 is 17.5 Å². The van der Waals surface area contributed by atoms with Crippen LogP contribution in [0.1, 0.15) is 12.5 Å². The van der Waals surface area contributed by atoms with Gasteiger partial charge in [-0.3, -0.25) is 9.69 Å². The molecule has 0 bridgehead atoms. The van der Waals surface area contributed by atoms with Gasteiger partial charge in [-0.2, -0.15) is 0 Å². The van der Waals surface area contributed by atoms with Crippen LogP contribution >= 0.6 is 11.6 Å². The second-order valence-electron chi connectivity index (χ2n) is 4.32. The second-order valence-corrected chi connectivity index (χ2v) is 4.76. The monoisotopic (exact) mass is 284 g/mol. The van der Waals surface area contributed by atoms with Crippen LogP contribution in [0.5, 0.6) is 0 Å². The number of hydrogen-bond acceptors (Lipinski definition) is 3. The Morgan fingerprint density at radius 2 is 2.05 bits per heavy atom. The van der Waals surface area contributed by atoms with E-state index in [1.165, 1.54) is 0 Å². The van der Waals surface area contributed by atoms with E-state index in [1.807, 2.05) is 36.1 Å². The minimum Gasteiger partial charge on any atom is -0.395 e. The zero-order chi connectivity index (χ0) is 14.1. The predicted molar refractivity (Wildman–Crippen MR) is 77.4 cm³/mol. The van der Waals surface area contributed by atoms with Gasteiger partial charge in [-0.05, 0) is 30.7 Å². The Balaban J connectivity index is 2.24. The maximum atomic E-state index is 11.7. The van der Waals surface area contributed by atoms with Crippen LogP contribution in [0.4, 0.5) is 0 Å². The highest BCUT2D eigenvalue weighted by Crippen LogP contribution is 2.09. The number of likely N-dealkylation sites (N-methyl/N-ethyl adjacent to an activating group) is 1. The summed E-state index contributed by atoms with van der Waals surface area (Å²) in [7, 11) is 0. The molecular weight excluding hydrogens is 264 g/mol. The van der Waals surface area contributed by atoms with Gasteiger partial charge in [0.1, 0.15) is 0 Å². The third-order valence-corrected chi connectivity index (χ3v) is 3.13. The summed E-state index contributed by atoms with van der Waals surface area (Å²) in [5.74, 6) is -0.00994. The smallest absolute Gasteiger partial charge is 0.234 e. The van der Waals surface area contributed by atoms with Gasteiger partial charge in [0.05, 0.1) is 13.2 Å². The highest BCUT2D eigenvalue weighted by atomic mass is 35.5. The number of carbonyl (C=O) groups excluding carboxylic acids is 1. The van der Waals surface area contributed by atoms with Gasteiger partial charge in [-0.1, -0.05) is 30.7 Å². The first-order valence-corrected chi connectivity index (χ1v) is 6.88. The quantitative estimate of drug-likeness (QED) is 0.757. The van der Waals surface area contributed by atoms with Crippen LogP contribution in [0.15, 0.2) is 24.3 Å². The normalized spacial score (nSPS) is 10.7. The van der Waals surface area contributed by atoms with E-state index in [4.69, 9.17) is 16.7 Å². The predicted octanol–water partition coefficient (Wildman–Crippen LogP) is 1.31. The van der Waals surface area contributed by atoms with Crippen molar-refractivity contribution in [1.29, 1.82) is 0 Å². The SMILES string of the molecule is CCN(CCO)CC(=O)NCCc1ccc(Cl)cc1. The first-order chi connectivity index (χ1) is 9.15. The molecule has 0 aliphatic rings. The van der Waals surface area contributed by atoms with E-state index in [0.29, 0.717) is 19.6 Å². The van der Waals surface area contributed by atoms with Crippen molar-refractivity contribution in [2.45, 2.75) is 13.3 Å². The number of hydrogen-bond donors (Lipinski definition) is 2. The van der Waals surface area contributed by atoms with E-state index in [2.05, 4.69) is 5.32 Å². The number of amides is 1. The minimum atomic E-state index is -0.00994. The van der Waals surface area contributed by atoms with Gasteiger partial charge in [-0.15, -0.1) is 0 Å². The van der Waals surface area contributed by atoms with E-state index < -0.39 is 0 Å². The molecule has 1 aromatic carbocycles. The van der Waals surface area contributed by atoms with Crippen LogP contribution in [0.25, 0.3) is 0 Å². The van der Waals surface area contributed by atoms with Crippen molar-refractivity contribution in [2.24, 2.45) is 0 Å². The van der Waals surface area contributed by atoms with Crippen LogP contribution in [-0.4, -0.2) is 48.7 Å². The molecule has 5 heteroatoms. The Kier molecular flexibility index (Phi) is 7.48.